The summed E-state index contributed by atoms with van der Waals surface area (Å²) in [6.07, 6.45) is 2.12. The van der Waals surface area contributed by atoms with E-state index in [0.29, 0.717) is 12.0 Å². The molecule has 0 radical (unpaired) electrons. The molecule has 1 nitrogen and oxygen atoms in total. The largest absolute Gasteiger partial charge is 0.324 e. The van der Waals surface area contributed by atoms with E-state index < -0.39 is 17.7 Å². The zero-order chi connectivity index (χ0) is 10.7. The van der Waals surface area contributed by atoms with Gasteiger partial charge >= 0.3 is 0 Å². The lowest BCUT2D eigenvalue weighted by Crippen LogP contribution is -2.10. The summed E-state index contributed by atoms with van der Waals surface area (Å²) in [6.45, 7) is 3.52. The Hall–Kier alpha value is -0.490. The molecule has 14 heavy (non-hydrogen) atoms. The van der Waals surface area contributed by atoms with Crippen LogP contribution in [-0.4, -0.2) is 0 Å². The van der Waals surface area contributed by atoms with E-state index in [1.165, 1.54) is 12.1 Å². The van der Waals surface area contributed by atoms with Gasteiger partial charge in [0.15, 0.2) is 0 Å². The second kappa shape index (κ2) is 4.84. The van der Waals surface area contributed by atoms with Crippen LogP contribution in [0.3, 0.4) is 0 Å². The van der Waals surface area contributed by atoms with Crippen molar-refractivity contribution in [2.45, 2.75) is 12.5 Å². The lowest BCUT2D eigenvalue weighted by atomic mass is 10.0. The molecule has 1 aromatic rings. The van der Waals surface area contributed by atoms with Crippen molar-refractivity contribution in [2.75, 3.05) is 0 Å². The Balaban J connectivity index is 3.05. The van der Waals surface area contributed by atoms with Crippen LogP contribution in [0.5, 0.6) is 0 Å². The molecular weight excluding hydrogens is 299 g/mol. The van der Waals surface area contributed by atoms with Gasteiger partial charge in [-0.3, -0.25) is 0 Å². The van der Waals surface area contributed by atoms with Crippen LogP contribution < -0.4 is 5.73 Å². The fraction of sp³-hybridized carbons (Fsp3) is 0.200. The smallest absolute Gasteiger partial charge is 0.139 e. The summed E-state index contributed by atoms with van der Waals surface area (Å²) in [5.41, 5.74) is 6.14. The second-order valence-corrected chi connectivity index (χ2v) is 4.01. The van der Waals surface area contributed by atoms with E-state index in [9.17, 15) is 8.78 Å². The van der Waals surface area contributed by atoms with Gasteiger partial charge in [-0.2, -0.15) is 0 Å². The first kappa shape index (κ1) is 11.6. The Morgan fingerprint density at radius 1 is 1.43 bits per heavy atom. The number of hydrogen-bond acceptors (Lipinski definition) is 1. The monoisotopic (exact) mass is 309 g/mol. The highest BCUT2D eigenvalue weighted by atomic mass is 127. The minimum absolute atomic E-state index is 0.00264. The maximum Gasteiger partial charge on any atom is 0.139 e. The Labute approximate surface area is 95.1 Å². The highest BCUT2D eigenvalue weighted by Gasteiger charge is 2.11. The van der Waals surface area contributed by atoms with Gasteiger partial charge in [0.05, 0.1) is 3.57 Å². The highest BCUT2D eigenvalue weighted by molar-refractivity contribution is 14.1. The molecule has 0 spiro atoms. The third-order valence-electron chi connectivity index (χ3n) is 1.85. The molecule has 1 rings (SSSR count). The van der Waals surface area contributed by atoms with Crippen molar-refractivity contribution in [2.24, 2.45) is 5.73 Å². The maximum atomic E-state index is 13.1. The quantitative estimate of drug-likeness (QED) is 0.518. The van der Waals surface area contributed by atoms with Gasteiger partial charge in [0.25, 0.3) is 0 Å². The molecule has 1 atom stereocenters. The number of halogens is 3. The highest BCUT2D eigenvalue weighted by Crippen LogP contribution is 2.22. The molecule has 0 saturated heterocycles. The standard InChI is InChI=1S/C10H10F2IN/c1-2-3-9(14)6-4-7(11)10(13)8(12)5-6/h2,4-5,9H,1,3,14H2. The van der Waals surface area contributed by atoms with Crippen LogP contribution in [0, 0.1) is 15.2 Å². The van der Waals surface area contributed by atoms with Crippen molar-refractivity contribution in [1.29, 1.82) is 0 Å². The van der Waals surface area contributed by atoms with Crippen molar-refractivity contribution in [3.8, 4) is 0 Å². The zero-order valence-electron chi connectivity index (χ0n) is 7.43. The van der Waals surface area contributed by atoms with E-state index in [2.05, 4.69) is 6.58 Å². The molecule has 0 saturated carbocycles. The summed E-state index contributed by atoms with van der Waals surface area (Å²) in [4.78, 5) is 0. The van der Waals surface area contributed by atoms with E-state index in [1.807, 2.05) is 0 Å². The molecule has 1 aromatic carbocycles. The fourth-order valence-electron chi connectivity index (χ4n) is 1.10. The van der Waals surface area contributed by atoms with Crippen LogP contribution in [0.2, 0.25) is 0 Å². The van der Waals surface area contributed by atoms with Gasteiger partial charge in [-0.1, -0.05) is 6.08 Å². The van der Waals surface area contributed by atoms with Crippen molar-refractivity contribution in [3.05, 3.63) is 45.6 Å². The average molecular weight is 309 g/mol. The van der Waals surface area contributed by atoms with E-state index in [1.54, 1.807) is 28.7 Å². The first-order valence-corrected chi connectivity index (χ1v) is 5.15. The van der Waals surface area contributed by atoms with Gasteiger partial charge in [-0.05, 0) is 46.7 Å². The van der Waals surface area contributed by atoms with E-state index in [-0.39, 0.29) is 3.57 Å². The van der Waals surface area contributed by atoms with Crippen LogP contribution in [0.25, 0.3) is 0 Å². The lowest BCUT2D eigenvalue weighted by molar-refractivity contribution is 0.561. The fourth-order valence-corrected chi connectivity index (χ4v) is 1.42. The van der Waals surface area contributed by atoms with E-state index in [0.717, 1.165) is 0 Å². The van der Waals surface area contributed by atoms with E-state index in [4.69, 9.17) is 5.73 Å². The molecule has 76 valence electrons. The van der Waals surface area contributed by atoms with Gasteiger partial charge in [0.1, 0.15) is 11.6 Å². The Bertz CT molecular complexity index is 329. The third kappa shape index (κ3) is 2.51. The average Bonchev–Trinajstić information content (AvgIpc) is 2.13. The van der Waals surface area contributed by atoms with Crippen LogP contribution in [0.15, 0.2) is 24.8 Å². The maximum absolute atomic E-state index is 13.1. The molecule has 0 aromatic heterocycles. The van der Waals surface area contributed by atoms with Crippen LogP contribution in [0.4, 0.5) is 8.78 Å². The van der Waals surface area contributed by atoms with Crippen molar-refractivity contribution in [3.63, 3.8) is 0 Å². The van der Waals surface area contributed by atoms with Crippen LogP contribution >= 0.6 is 22.6 Å². The van der Waals surface area contributed by atoms with Gasteiger partial charge in [0, 0.05) is 6.04 Å². The summed E-state index contributed by atoms with van der Waals surface area (Å²) in [5.74, 6) is -1.14. The molecule has 0 heterocycles. The number of hydrogen-bond donors (Lipinski definition) is 1. The molecule has 0 aliphatic rings. The molecule has 0 bridgehead atoms. The summed E-state index contributed by atoms with van der Waals surface area (Å²) >= 11 is 1.62. The Morgan fingerprint density at radius 2 is 1.93 bits per heavy atom. The van der Waals surface area contributed by atoms with Crippen LogP contribution in [0.1, 0.15) is 18.0 Å². The van der Waals surface area contributed by atoms with Gasteiger partial charge < -0.3 is 5.73 Å². The molecule has 2 N–H and O–H groups in total. The first-order chi connectivity index (χ1) is 6.56. The Morgan fingerprint density at radius 3 is 2.36 bits per heavy atom. The molecule has 0 fully saturated rings. The normalized spacial score (nSPS) is 12.6. The predicted octanol–water partition coefficient (Wildman–Crippen LogP) is 3.15. The predicted molar refractivity (Wildman–Crippen MR) is 60.8 cm³/mol. The van der Waals surface area contributed by atoms with Gasteiger partial charge in [-0.25, -0.2) is 8.78 Å². The summed E-state index contributed by atoms with van der Waals surface area (Å²) in [5, 5.41) is 0. The number of nitrogens with two attached hydrogens (primary N) is 1. The number of rotatable bonds is 3. The lowest BCUT2D eigenvalue weighted by Gasteiger charge is -2.10. The SMILES string of the molecule is C=CCC(N)c1cc(F)c(I)c(F)c1. The Kier molecular flexibility index (Phi) is 4.00. The molecule has 0 aliphatic carbocycles. The molecule has 0 amide bonds. The van der Waals surface area contributed by atoms with Gasteiger partial charge in [-0.15, -0.1) is 6.58 Å². The molecular formula is C10H10F2IN. The van der Waals surface area contributed by atoms with Crippen LogP contribution in [-0.2, 0) is 0 Å². The van der Waals surface area contributed by atoms with Crippen molar-refractivity contribution >= 4 is 22.6 Å². The zero-order valence-corrected chi connectivity index (χ0v) is 9.59. The first-order valence-electron chi connectivity index (χ1n) is 4.07. The molecule has 1 unspecified atom stereocenters. The van der Waals surface area contributed by atoms with Crippen molar-refractivity contribution in [1.82, 2.24) is 0 Å². The second-order valence-electron chi connectivity index (χ2n) is 2.93. The topological polar surface area (TPSA) is 26.0 Å². The minimum atomic E-state index is -0.569. The molecule has 0 aliphatic heterocycles. The summed E-state index contributed by atoms with van der Waals surface area (Å²) in [6, 6.07) is 2.13. The van der Waals surface area contributed by atoms with E-state index >= 15 is 0 Å². The third-order valence-corrected chi connectivity index (χ3v) is 2.89. The summed E-state index contributed by atoms with van der Waals surface area (Å²) < 4.78 is 26.2. The molecule has 4 heteroatoms. The van der Waals surface area contributed by atoms with Gasteiger partial charge in [0.2, 0.25) is 0 Å². The minimum Gasteiger partial charge on any atom is -0.324 e. The van der Waals surface area contributed by atoms with Crippen molar-refractivity contribution < 1.29 is 8.78 Å². The number of benzene rings is 1. The summed E-state index contributed by atoms with van der Waals surface area (Å²) in [7, 11) is 0.